The van der Waals surface area contributed by atoms with Gasteiger partial charge in [0.1, 0.15) is 5.82 Å². The summed E-state index contributed by atoms with van der Waals surface area (Å²) in [5, 5.41) is 0.652. The van der Waals surface area contributed by atoms with Gasteiger partial charge in [-0.05, 0) is 23.8 Å². The zero-order valence-electron chi connectivity index (χ0n) is 9.61. The van der Waals surface area contributed by atoms with E-state index in [9.17, 15) is 8.60 Å². The van der Waals surface area contributed by atoms with E-state index < -0.39 is 10.8 Å². The van der Waals surface area contributed by atoms with Crippen molar-refractivity contribution in [1.29, 1.82) is 0 Å². The summed E-state index contributed by atoms with van der Waals surface area (Å²) in [6.45, 7) is 0. The SMILES string of the molecule is O=[S@](Cc1ccc(Cl)cc1)Cc1ccccc1F. The van der Waals surface area contributed by atoms with Crippen LogP contribution in [-0.2, 0) is 22.3 Å². The average molecular weight is 283 g/mol. The number of halogens is 2. The Morgan fingerprint density at radius 2 is 1.67 bits per heavy atom. The third-order valence-electron chi connectivity index (χ3n) is 2.52. The van der Waals surface area contributed by atoms with Crippen LogP contribution >= 0.6 is 11.6 Å². The molecule has 0 spiro atoms. The van der Waals surface area contributed by atoms with Crippen molar-refractivity contribution in [2.24, 2.45) is 0 Å². The molecule has 2 aromatic rings. The van der Waals surface area contributed by atoms with Crippen molar-refractivity contribution in [3.63, 3.8) is 0 Å². The highest BCUT2D eigenvalue weighted by molar-refractivity contribution is 7.83. The Kier molecular flexibility index (Phi) is 4.50. The minimum Gasteiger partial charge on any atom is -0.259 e. The third-order valence-corrected chi connectivity index (χ3v) is 4.06. The molecule has 1 atom stereocenters. The number of hydrogen-bond donors (Lipinski definition) is 0. The quantitative estimate of drug-likeness (QED) is 0.830. The highest BCUT2D eigenvalue weighted by atomic mass is 35.5. The molecule has 0 aromatic heterocycles. The third kappa shape index (κ3) is 3.65. The van der Waals surface area contributed by atoms with Crippen LogP contribution in [0.1, 0.15) is 11.1 Å². The Labute approximate surface area is 113 Å². The summed E-state index contributed by atoms with van der Waals surface area (Å²) in [5.74, 6) is 0.336. The first kappa shape index (κ1) is 13.2. The first-order valence-electron chi connectivity index (χ1n) is 5.48. The highest BCUT2D eigenvalue weighted by Gasteiger charge is 2.07. The Balaban J connectivity index is 2.01. The van der Waals surface area contributed by atoms with Crippen molar-refractivity contribution in [2.45, 2.75) is 11.5 Å². The van der Waals surface area contributed by atoms with Crippen LogP contribution in [0.2, 0.25) is 5.02 Å². The second kappa shape index (κ2) is 6.12. The van der Waals surface area contributed by atoms with Gasteiger partial charge in [0.25, 0.3) is 0 Å². The Morgan fingerprint density at radius 3 is 2.33 bits per heavy atom. The van der Waals surface area contributed by atoms with Crippen LogP contribution in [0.15, 0.2) is 48.5 Å². The molecule has 18 heavy (non-hydrogen) atoms. The molecule has 0 aliphatic heterocycles. The molecule has 2 rings (SSSR count). The van der Waals surface area contributed by atoms with Gasteiger partial charge >= 0.3 is 0 Å². The fraction of sp³-hybridized carbons (Fsp3) is 0.143. The lowest BCUT2D eigenvalue weighted by Crippen LogP contribution is -2.01. The van der Waals surface area contributed by atoms with Crippen LogP contribution in [0.4, 0.5) is 4.39 Å². The topological polar surface area (TPSA) is 17.1 Å². The number of benzene rings is 2. The summed E-state index contributed by atoms with van der Waals surface area (Å²) in [5.41, 5.74) is 1.43. The van der Waals surface area contributed by atoms with E-state index in [1.165, 1.54) is 6.07 Å². The molecule has 0 saturated heterocycles. The minimum atomic E-state index is -1.12. The summed E-state index contributed by atoms with van der Waals surface area (Å²) >= 11 is 5.77. The molecule has 0 heterocycles. The average Bonchev–Trinajstić information content (AvgIpc) is 2.35. The fourth-order valence-corrected chi connectivity index (χ4v) is 2.98. The lowest BCUT2D eigenvalue weighted by molar-refractivity contribution is 0.615. The van der Waals surface area contributed by atoms with Crippen molar-refractivity contribution in [3.8, 4) is 0 Å². The summed E-state index contributed by atoms with van der Waals surface area (Å²) in [6, 6.07) is 13.6. The first-order chi connectivity index (χ1) is 8.65. The Bertz CT molecular complexity index is 554. The van der Waals surface area contributed by atoms with Gasteiger partial charge in [-0.3, -0.25) is 4.21 Å². The Morgan fingerprint density at radius 1 is 1.00 bits per heavy atom. The van der Waals surface area contributed by atoms with E-state index in [1.54, 1.807) is 30.3 Å². The maximum Gasteiger partial charge on any atom is 0.127 e. The largest absolute Gasteiger partial charge is 0.259 e. The Hall–Kier alpha value is -1.19. The van der Waals surface area contributed by atoms with Gasteiger partial charge < -0.3 is 0 Å². The number of hydrogen-bond acceptors (Lipinski definition) is 1. The predicted octanol–water partition coefficient (Wildman–Crippen LogP) is 3.93. The van der Waals surface area contributed by atoms with Crippen molar-refractivity contribution in [2.75, 3.05) is 0 Å². The van der Waals surface area contributed by atoms with Gasteiger partial charge in [-0.25, -0.2) is 4.39 Å². The molecule has 1 nitrogen and oxygen atoms in total. The molecule has 0 radical (unpaired) electrons. The van der Waals surface area contributed by atoms with Crippen LogP contribution in [-0.4, -0.2) is 4.21 Å². The molecule has 0 aliphatic carbocycles. The van der Waals surface area contributed by atoms with Crippen molar-refractivity contribution >= 4 is 22.4 Å². The number of rotatable bonds is 4. The van der Waals surface area contributed by atoms with E-state index in [1.807, 2.05) is 12.1 Å². The zero-order chi connectivity index (χ0) is 13.0. The lowest BCUT2D eigenvalue weighted by atomic mass is 10.2. The van der Waals surface area contributed by atoms with E-state index in [0.717, 1.165) is 5.56 Å². The fourth-order valence-electron chi connectivity index (χ4n) is 1.61. The molecule has 2 aromatic carbocycles. The second-order valence-electron chi connectivity index (χ2n) is 3.95. The van der Waals surface area contributed by atoms with Crippen molar-refractivity contribution in [3.05, 3.63) is 70.5 Å². The van der Waals surface area contributed by atoms with Gasteiger partial charge in [0, 0.05) is 27.1 Å². The maximum absolute atomic E-state index is 13.4. The van der Waals surface area contributed by atoms with Gasteiger partial charge in [0.05, 0.1) is 5.75 Å². The monoisotopic (exact) mass is 282 g/mol. The molecule has 0 bridgehead atoms. The summed E-state index contributed by atoms with van der Waals surface area (Å²) in [4.78, 5) is 0. The summed E-state index contributed by atoms with van der Waals surface area (Å²) in [6.07, 6.45) is 0. The van der Waals surface area contributed by atoms with E-state index in [2.05, 4.69) is 0 Å². The highest BCUT2D eigenvalue weighted by Crippen LogP contribution is 2.14. The van der Waals surface area contributed by atoms with Gasteiger partial charge in [-0.1, -0.05) is 41.9 Å². The molecule has 0 fully saturated rings. The van der Waals surface area contributed by atoms with Crippen LogP contribution in [0, 0.1) is 5.82 Å². The van der Waals surface area contributed by atoms with Gasteiger partial charge in [-0.2, -0.15) is 0 Å². The molecule has 0 N–H and O–H groups in total. The van der Waals surface area contributed by atoms with Gasteiger partial charge in [-0.15, -0.1) is 0 Å². The lowest BCUT2D eigenvalue weighted by Gasteiger charge is -2.04. The van der Waals surface area contributed by atoms with E-state index in [-0.39, 0.29) is 11.6 Å². The molecular weight excluding hydrogens is 271 g/mol. The van der Waals surface area contributed by atoms with E-state index in [4.69, 9.17) is 11.6 Å². The van der Waals surface area contributed by atoms with Crippen molar-refractivity contribution < 1.29 is 8.60 Å². The second-order valence-corrected chi connectivity index (χ2v) is 5.84. The smallest absolute Gasteiger partial charge is 0.127 e. The summed E-state index contributed by atoms with van der Waals surface area (Å²) in [7, 11) is -1.12. The molecule has 0 amide bonds. The zero-order valence-corrected chi connectivity index (χ0v) is 11.2. The first-order valence-corrected chi connectivity index (χ1v) is 7.34. The van der Waals surface area contributed by atoms with Crippen LogP contribution in [0.25, 0.3) is 0 Å². The molecule has 0 saturated carbocycles. The van der Waals surface area contributed by atoms with Crippen LogP contribution in [0.3, 0.4) is 0 Å². The molecule has 94 valence electrons. The van der Waals surface area contributed by atoms with Gasteiger partial charge in [0.15, 0.2) is 0 Å². The van der Waals surface area contributed by atoms with Gasteiger partial charge in [0.2, 0.25) is 0 Å². The van der Waals surface area contributed by atoms with Crippen LogP contribution < -0.4 is 0 Å². The van der Waals surface area contributed by atoms with E-state index in [0.29, 0.717) is 16.3 Å². The maximum atomic E-state index is 13.4. The van der Waals surface area contributed by atoms with E-state index >= 15 is 0 Å². The molecule has 4 heteroatoms. The van der Waals surface area contributed by atoms with Crippen molar-refractivity contribution in [1.82, 2.24) is 0 Å². The normalized spacial score (nSPS) is 12.3. The molecular formula is C14H12ClFOS. The van der Waals surface area contributed by atoms with Crippen LogP contribution in [0.5, 0.6) is 0 Å². The summed E-state index contributed by atoms with van der Waals surface area (Å²) < 4.78 is 25.3. The molecule has 0 unspecified atom stereocenters. The predicted molar refractivity (Wildman–Crippen MR) is 73.4 cm³/mol. The molecule has 0 aliphatic rings. The standard InChI is InChI=1S/C14H12ClFOS/c15-13-7-5-11(6-8-13)9-18(17)10-12-3-1-2-4-14(12)16/h1-8H,9-10H2/t18-/m1/s1. The minimum absolute atomic E-state index is 0.231.